The number of hydrogen-bond acceptors (Lipinski definition) is 5. The van der Waals surface area contributed by atoms with Crippen LogP contribution in [-0.4, -0.2) is 38.2 Å². The molecule has 0 aromatic heterocycles. The van der Waals surface area contributed by atoms with Crippen LogP contribution in [0.4, 0.5) is 0 Å². The van der Waals surface area contributed by atoms with E-state index in [1.165, 1.54) is 5.06 Å². The highest BCUT2D eigenvalue weighted by molar-refractivity contribution is 5.79. The Morgan fingerprint density at radius 2 is 1.96 bits per heavy atom. The van der Waals surface area contributed by atoms with Crippen LogP contribution >= 0.6 is 0 Å². The van der Waals surface area contributed by atoms with Crippen LogP contribution in [0.5, 0.6) is 11.5 Å². The third-order valence-electron chi connectivity index (χ3n) is 4.98. The molecule has 2 atom stereocenters. The molecule has 26 heavy (non-hydrogen) atoms. The molecule has 0 amide bonds. The van der Waals surface area contributed by atoms with Crippen molar-refractivity contribution in [3.8, 4) is 22.6 Å². The molecular weight excluding hydrogens is 330 g/mol. The summed E-state index contributed by atoms with van der Waals surface area (Å²) in [5.74, 6) is 1.90. The smallest absolute Gasteiger partial charge is 0.134 e. The molecule has 2 unspecified atom stereocenters. The Balaban J connectivity index is 2.05. The maximum absolute atomic E-state index is 7.93. The molecule has 2 aromatic carbocycles. The number of ether oxygens (including phenoxy) is 2. The topological polar surface area (TPSA) is 80.8 Å². The average Bonchev–Trinajstić information content (AvgIpc) is 2.66. The predicted octanol–water partition coefficient (Wildman–Crippen LogP) is 3.16. The second-order valence-corrected chi connectivity index (χ2v) is 6.60. The summed E-state index contributed by atoms with van der Waals surface area (Å²) in [5, 5.41) is 9.42. The zero-order valence-corrected chi connectivity index (χ0v) is 15.6. The van der Waals surface area contributed by atoms with Gasteiger partial charge in [0.2, 0.25) is 0 Å². The fourth-order valence-corrected chi connectivity index (χ4v) is 3.24. The van der Waals surface area contributed by atoms with Gasteiger partial charge in [0.25, 0.3) is 0 Å². The molecule has 3 rings (SSSR count). The third-order valence-corrected chi connectivity index (χ3v) is 4.98. The zero-order valence-electron chi connectivity index (χ0n) is 15.6. The second-order valence-electron chi connectivity index (χ2n) is 6.60. The Morgan fingerprint density at radius 1 is 1.19 bits per heavy atom. The van der Waals surface area contributed by atoms with E-state index in [0.29, 0.717) is 12.3 Å². The molecule has 0 spiro atoms. The van der Waals surface area contributed by atoms with Gasteiger partial charge in [0.15, 0.2) is 0 Å². The van der Waals surface area contributed by atoms with Crippen LogP contribution in [0.2, 0.25) is 0 Å². The first-order chi connectivity index (χ1) is 12.4. The molecule has 1 saturated heterocycles. The number of nitrogens with two attached hydrogens (primary N) is 1. The van der Waals surface area contributed by atoms with Crippen LogP contribution in [0.25, 0.3) is 11.1 Å². The molecule has 3 N–H and O–H groups in total. The van der Waals surface area contributed by atoms with Crippen molar-refractivity contribution in [2.45, 2.75) is 25.0 Å². The number of hydrogen-bond donors (Lipinski definition) is 2. The fraction of sp³-hybridized carbons (Fsp3) is 0.350. The lowest BCUT2D eigenvalue weighted by atomic mass is 9.84. The van der Waals surface area contributed by atoms with Gasteiger partial charge in [-0.3, -0.25) is 10.2 Å². The number of amidine groups is 1. The molecule has 1 aliphatic rings. The van der Waals surface area contributed by atoms with E-state index in [1.54, 1.807) is 21.3 Å². The summed E-state index contributed by atoms with van der Waals surface area (Å²) in [6, 6.07) is 13.4. The Kier molecular flexibility index (Phi) is 4.89. The summed E-state index contributed by atoms with van der Waals surface area (Å²) in [6.07, 6.45) is 0.458. The largest absolute Gasteiger partial charge is 0.497 e. The number of rotatable bonds is 4. The minimum absolute atomic E-state index is 0.311. The van der Waals surface area contributed by atoms with Crippen LogP contribution in [0, 0.1) is 5.41 Å². The second kappa shape index (κ2) is 6.97. The number of nitrogens with one attached hydrogen (secondary N) is 1. The van der Waals surface area contributed by atoms with E-state index in [2.05, 4.69) is 6.07 Å². The first kappa shape index (κ1) is 18.2. The summed E-state index contributed by atoms with van der Waals surface area (Å²) < 4.78 is 10.9. The molecular formula is C20H25N3O3. The Hall–Kier alpha value is -2.57. The molecule has 0 aliphatic carbocycles. The van der Waals surface area contributed by atoms with Gasteiger partial charge >= 0.3 is 0 Å². The molecule has 0 saturated carbocycles. The number of hydroxylamine groups is 2. The number of benzene rings is 2. The van der Waals surface area contributed by atoms with Crippen molar-refractivity contribution < 1.29 is 14.3 Å². The first-order valence-corrected chi connectivity index (χ1v) is 8.48. The van der Waals surface area contributed by atoms with Crippen molar-refractivity contribution in [2.24, 2.45) is 5.73 Å². The summed E-state index contributed by atoms with van der Waals surface area (Å²) in [7, 11) is 5.03. The van der Waals surface area contributed by atoms with E-state index in [1.807, 2.05) is 43.3 Å². The third kappa shape index (κ3) is 3.13. The van der Waals surface area contributed by atoms with E-state index >= 15 is 0 Å². The van der Waals surface area contributed by atoms with Gasteiger partial charge in [-0.2, -0.15) is 0 Å². The molecule has 1 fully saturated rings. The van der Waals surface area contributed by atoms with Crippen molar-refractivity contribution >= 4 is 5.84 Å². The van der Waals surface area contributed by atoms with Crippen molar-refractivity contribution in [1.82, 2.24) is 5.06 Å². The van der Waals surface area contributed by atoms with E-state index in [4.69, 9.17) is 25.5 Å². The normalized spacial score (nSPS) is 23.0. The van der Waals surface area contributed by atoms with Crippen LogP contribution in [0.3, 0.4) is 0 Å². The molecule has 1 aliphatic heterocycles. The number of nitrogens with zero attached hydrogens (tertiary/aromatic N) is 1. The average molecular weight is 355 g/mol. The molecule has 6 heteroatoms. The van der Waals surface area contributed by atoms with Crippen LogP contribution in [0.15, 0.2) is 42.5 Å². The van der Waals surface area contributed by atoms with E-state index in [0.717, 1.165) is 28.2 Å². The van der Waals surface area contributed by atoms with E-state index in [-0.39, 0.29) is 6.04 Å². The fourth-order valence-electron chi connectivity index (χ4n) is 3.24. The van der Waals surface area contributed by atoms with Gasteiger partial charge in [-0.15, -0.1) is 0 Å². The lowest BCUT2D eigenvalue weighted by molar-refractivity contribution is -0.215. The molecule has 0 radical (unpaired) electrons. The highest BCUT2D eigenvalue weighted by atomic mass is 16.7. The molecule has 2 aromatic rings. The summed E-state index contributed by atoms with van der Waals surface area (Å²) in [5.41, 5.74) is 8.50. The number of methoxy groups -OCH3 is 2. The molecule has 6 nitrogen and oxygen atoms in total. The van der Waals surface area contributed by atoms with Crippen molar-refractivity contribution in [3.05, 3.63) is 48.0 Å². The van der Waals surface area contributed by atoms with Gasteiger partial charge in [0.1, 0.15) is 22.9 Å². The summed E-state index contributed by atoms with van der Waals surface area (Å²) >= 11 is 0. The summed E-state index contributed by atoms with van der Waals surface area (Å²) in [6.45, 7) is 1.96. The summed E-state index contributed by atoms with van der Waals surface area (Å²) in [4.78, 5) is 6.00. The minimum atomic E-state index is -0.721. The Morgan fingerprint density at radius 3 is 2.65 bits per heavy atom. The van der Waals surface area contributed by atoms with Crippen molar-refractivity contribution in [3.63, 3.8) is 0 Å². The van der Waals surface area contributed by atoms with E-state index < -0.39 is 5.60 Å². The van der Waals surface area contributed by atoms with Crippen molar-refractivity contribution in [2.75, 3.05) is 21.3 Å². The Labute approximate surface area is 153 Å². The highest BCUT2D eigenvalue weighted by Crippen LogP contribution is 2.38. The predicted molar refractivity (Wildman–Crippen MR) is 102 cm³/mol. The maximum Gasteiger partial charge on any atom is 0.134 e. The highest BCUT2D eigenvalue weighted by Gasteiger charge is 2.42. The van der Waals surface area contributed by atoms with Gasteiger partial charge in [-0.25, -0.2) is 5.06 Å². The quantitative estimate of drug-likeness (QED) is 0.880. The lowest BCUT2D eigenvalue weighted by Crippen LogP contribution is -2.55. The molecule has 0 bridgehead atoms. The van der Waals surface area contributed by atoms with Crippen molar-refractivity contribution in [1.29, 1.82) is 5.41 Å². The minimum Gasteiger partial charge on any atom is -0.497 e. The van der Waals surface area contributed by atoms with Gasteiger partial charge < -0.3 is 15.2 Å². The lowest BCUT2D eigenvalue weighted by Gasteiger charge is -2.43. The van der Waals surface area contributed by atoms with Gasteiger partial charge in [0.05, 0.1) is 14.2 Å². The molecule has 138 valence electrons. The van der Waals surface area contributed by atoms with Crippen LogP contribution in [0.1, 0.15) is 18.9 Å². The molecule has 1 heterocycles. The zero-order chi connectivity index (χ0) is 18.9. The van der Waals surface area contributed by atoms with Gasteiger partial charge in [-0.1, -0.05) is 18.2 Å². The standard InChI is InChI=1S/C20H25N3O3/c1-20(18(21)12-19(22)23(2)26-20)14-7-5-6-13(10-14)16-11-15(24-3)8-9-17(16)25-4/h5-11,18,22H,12,21H2,1-4H3. The first-order valence-electron chi connectivity index (χ1n) is 8.48. The monoisotopic (exact) mass is 355 g/mol. The maximum atomic E-state index is 7.93. The van der Waals surface area contributed by atoms with Crippen LogP contribution in [-0.2, 0) is 10.4 Å². The van der Waals surface area contributed by atoms with Crippen LogP contribution < -0.4 is 15.2 Å². The van der Waals surface area contributed by atoms with E-state index in [9.17, 15) is 0 Å². The SMILES string of the molecule is COc1ccc(OC)c(-c2cccc(C3(C)ON(C)C(=N)CC3N)c2)c1. The van der Waals surface area contributed by atoms with Gasteiger partial charge in [-0.05, 0) is 42.3 Å². The Bertz CT molecular complexity index is 824. The van der Waals surface area contributed by atoms with Gasteiger partial charge in [0, 0.05) is 25.1 Å².